The van der Waals surface area contributed by atoms with Gasteiger partial charge in [0.25, 0.3) is 0 Å². The van der Waals surface area contributed by atoms with Crippen molar-refractivity contribution in [2.45, 2.75) is 32.6 Å². The van der Waals surface area contributed by atoms with Gasteiger partial charge in [0.2, 0.25) is 5.78 Å². The first-order chi connectivity index (χ1) is 5.34. The molecular formula is C7H10F4O. The van der Waals surface area contributed by atoms with Crippen LogP contribution in [0.4, 0.5) is 17.6 Å². The Labute approximate surface area is 67.8 Å². The molecule has 1 nitrogen and oxygen atoms in total. The molecule has 0 aromatic rings. The Hall–Kier alpha value is -0.610. The van der Waals surface area contributed by atoms with E-state index in [0.717, 1.165) is 0 Å². The molecule has 0 spiro atoms. The predicted molar refractivity (Wildman–Crippen MR) is 35.4 cm³/mol. The molecule has 0 aliphatic rings. The van der Waals surface area contributed by atoms with Crippen molar-refractivity contribution in [3.05, 3.63) is 0 Å². The molecule has 0 bridgehead atoms. The van der Waals surface area contributed by atoms with Crippen LogP contribution in [-0.4, -0.2) is 18.1 Å². The highest BCUT2D eigenvalue weighted by Gasteiger charge is 2.49. The van der Waals surface area contributed by atoms with E-state index in [1.807, 2.05) is 0 Å². The summed E-state index contributed by atoms with van der Waals surface area (Å²) in [6.07, 6.45) is -3.76. The quantitative estimate of drug-likeness (QED) is 0.616. The van der Waals surface area contributed by atoms with Crippen molar-refractivity contribution < 1.29 is 22.4 Å². The maximum absolute atomic E-state index is 12.3. The van der Waals surface area contributed by atoms with Gasteiger partial charge in [-0.15, -0.1) is 0 Å². The molecule has 72 valence electrons. The monoisotopic (exact) mass is 186 g/mol. The zero-order valence-electron chi connectivity index (χ0n) is 6.78. The minimum absolute atomic E-state index is 0.140. The molecule has 0 aliphatic heterocycles. The maximum atomic E-state index is 12.3. The Balaban J connectivity index is 4.46. The molecule has 0 saturated heterocycles. The number of carbonyl (C=O) groups is 1. The number of hydrogen-bond acceptors (Lipinski definition) is 1. The molecule has 12 heavy (non-hydrogen) atoms. The number of carbonyl (C=O) groups excluding carboxylic acids is 1. The molecule has 0 aliphatic carbocycles. The summed E-state index contributed by atoms with van der Waals surface area (Å²) in [4.78, 5) is 10.6. The van der Waals surface area contributed by atoms with E-state index in [1.165, 1.54) is 13.8 Å². The Kier molecular flexibility index (Phi) is 3.67. The lowest BCUT2D eigenvalue weighted by Gasteiger charge is -2.16. The first-order valence-electron chi connectivity index (χ1n) is 3.54. The number of Topliss-reactive ketones (excluding diaryl/α,β-unsaturated/α-hetero) is 1. The molecule has 1 unspecified atom stereocenters. The van der Waals surface area contributed by atoms with Gasteiger partial charge < -0.3 is 0 Å². The number of hydrogen-bond donors (Lipinski definition) is 0. The van der Waals surface area contributed by atoms with Crippen molar-refractivity contribution >= 4 is 5.78 Å². The highest BCUT2D eigenvalue weighted by atomic mass is 19.3. The third-order valence-electron chi connectivity index (χ3n) is 1.66. The van der Waals surface area contributed by atoms with Crippen molar-refractivity contribution in [2.75, 3.05) is 0 Å². The minimum Gasteiger partial charge on any atom is -0.292 e. The van der Waals surface area contributed by atoms with E-state index in [2.05, 4.69) is 0 Å². The molecule has 0 saturated carbocycles. The van der Waals surface area contributed by atoms with Crippen LogP contribution >= 0.6 is 0 Å². The molecule has 0 amide bonds. The van der Waals surface area contributed by atoms with E-state index in [1.54, 1.807) is 0 Å². The maximum Gasteiger partial charge on any atom is 0.364 e. The summed E-state index contributed by atoms with van der Waals surface area (Å²) in [5, 5.41) is 0. The van der Waals surface area contributed by atoms with Crippen LogP contribution in [0.5, 0.6) is 0 Å². The third-order valence-corrected chi connectivity index (χ3v) is 1.66. The average Bonchev–Trinajstić information content (AvgIpc) is 2.01. The van der Waals surface area contributed by atoms with Crippen LogP contribution in [0.3, 0.4) is 0 Å². The Morgan fingerprint density at radius 2 is 1.83 bits per heavy atom. The normalized spacial score (nSPS) is 14.9. The van der Waals surface area contributed by atoms with Crippen LogP contribution in [0.2, 0.25) is 0 Å². The summed E-state index contributed by atoms with van der Waals surface area (Å²) < 4.78 is 47.7. The van der Waals surface area contributed by atoms with Crippen molar-refractivity contribution in [3.63, 3.8) is 0 Å². The summed E-state index contributed by atoms with van der Waals surface area (Å²) >= 11 is 0. The van der Waals surface area contributed by atoms with Crippen LogP contribution in [-0.2, 0) is 4.79 Å². The number of rotatable bonds is 4. The van der Waals surface area contributed by atoms with Crippen molar-refractivity contribution in [1.29, 1.82) is 0 Å². The minimum atomic E-state index is -4.49. The topological polar surface area (TPSA) is 17.1 Å². The highest BCUT2D eigenvalue weighted by Crippen LogP contribution is 2.27. The summed E-state index contributed by atoms with van der Waals surface area (Å²) in [5.41, 5.74) is 0. The second-order valence-electron chi connectivity index (χ2n) is 2.60. The van der Waals surface area contributed by atoms with E-state index in [9.17, 15) is 22.4 Å². The zero-order chi connectivity index (χ0) is 9.94. The smallest absolute Gasteiger partial charge is 0.292 e. The fourth-order valence-corrected chi connectivity index (χ4v) is 0.621. The Bertz CT molecular complexity index is 167. The average molecular weight is 186 g/mol. The zero-order valence-corrected chi connectivity index (χ0v) is 6.78. The van der Waals surface area contributed by atoms with Gasteiger partial charge in [-0.05, 0) is 6.42 Å². The molecular weight excluding hydrogens is 176 g/mol. The molecule has 0 aromatic heterocycles. The van der Waals surface area contributed by atoms with Gasteiger partial charge in [0.15, 0.2) is 0 Å². The predicted octanol–water partition coefficient (Wildman–Crippen LogP) is 2.50. The van der Waals surface area contributed by atoms with E-state index < -0.39 is 24.0 Å². The van der Waals surface area contributed by atoms with Crippen LogP contribution in [0.15, 0.2) is 0 Å². The van der Waals surface area contributed by atoms with E-state index in [-0.39, 0.29) is 6.42 Å². The van der Waals surface area contributed by atoms with Gasteiger partial charge in [-0.2, -0.15) is 8.78 Å². The molecule has 0 fully saturated rings. The van der Waals surface area contributed by atoms with Crippen molar-refractivity contribution in [2.24, 2.45) is 5.92 Å². The molecule has 1 atom stereocenters. The van der Waals surface area contributed by atoms with E-state index in [0.29, 0.717) is 0 Å². The van der Waals surface area contributed by atoms with Gasteiger partial charge in [0.05, 0.1) is 0 Å². The van der Waals surface area contributed by atoms with E-state index >= 15 is 0 Å². The summed E-state index contributed by atoms with van der Waals surface area (Å²) in [7, 11) is 0. The molecule has 0 rings (SSSR count). The van der Waals surface area contributed by atoms with Crippen molar-refractivity contribution in [1.82, 2.24) is 0 Å². The molecule has 0 heterocycles. The van der Waals surface area contributed by atoms with Crippen LogP contribution in [0.25, 0.3) is 0 Å². The first-order valence-corrected chi connectivity index (χ1v) is 3.54. The molecule has 0 aromatic carbocycles. The van der Waals surface area contributed by atoms with Gasteiger partial charge in [0, 0.05) is 5.92 Å². The summed E-state index contributed by atoms with van der Waals surface area (Å²) in [5.74, 6) is -7.19. The van der Waals surface area contributed by atoms with Crippen LogP contribution in [0.1, 0.15) is 20.3 Å². The lowest BCUT2D eigenvalue weighted by atomic mass is 9.99. The fourth-order valence-electron chi connectivity index (χ4n) is 0.621. The van der Waals surface area contributed by atoms with Gasteiger partial charge >= 0.3 is 12.3 Å². The van der Waals surface area contributed by atoms with Gasteiger partial charge in [-0.3, -0.25) is 4.79 Å². The number of alkyl halides is 4. The lowest BCUT2D eigenvalue weighted by Crippen LogP contribution is -2.39. The number of halogens is 4. The highest BCUT2D eigenvalue weighted by molar-refractivity contribution is 5.87. The van der Waals surface area contributed by atoms with Gasteiger partial charge in [-0.25, -0.2) is 8.78 Å². The van der Waals surface area contributed by atoms with Gasteiger partial charge in [-0.1, -0.05) is 13.8 Å². The second-order valence-corrected chi connectivity index (χ2v) is 2.60. The second kappa shape index (κ2) is 3.87. The SMILES string of the molecule is CCC(C)C(=O)C(F)(F)C(F)F. The summed E-state index contributed by atoms with van der Waals surface area (Å²) in [6, 6.07) is 0. The fraction of sp³-hybridized carbons (Fsp3) is 0.857. The Morgan fingerprint density at radius 3 is 2.08 bits per heavy atom. The first kappa shape index (κ1) is 11.4. The van der Waals surface area contributed by atoms with Crippen LogP contribution < -0.4 is 0 Å². The standard InChI is InChI=1S/C7H10F4O/c1-3-4(2)5(12)7(10,11)6(8)9/h4,6H,3H2,1-2H3. The van der Waals surface area contributed by atoms with Gasteiger partial charge in [0.1, 0.15) is 0 Å². The molecule has 5 heteroatoms. The summed E-state index contributed by atoms with van der Waals surface area (Å²) in [6.45, 7) is 2.70. The number of ketones is 1. The third kappa shape index (κ3) is 2.19. The molecule has 0 N–H and O–H groups in total. The largest absolute Gasteiger partial charge is 0.364 e. The van der Waals surface area contributed by atoms with Crippen LogP contribution in [0, 0.1) is 5.92 Å². The Morgan fingerprint density at radius 1 is 1.42 bits per heavy atom. The van der Waals surface area contributed by atoms with Crippen molar-refractivity contribution in [3.8, 4) is 0 Å². The van der Waals surface area contributed by atoms with E-state index in [4.69, 9.17) is 0 Å². The lowest BCUT2D eigenvalue weighted by molar-refractivity contribution is -0.170. The molecule has 0 radical (unpaired) electrons.